The molecule has 0 saturated heterocycles. The third-order valence-electron chi connectivity index (χ3n) is 3.71. The summed E-state index contributed by atoms with van der Waals surface area (Å²) in [7, 11) is 1.49. The molecule has 8 heteroatoms. The number of pyridine rings is 1. The zero-order valence-corrected chi connectivity index (χ0v) is 14.0. The summed E-state index contributed by atoms with van der Waals surface area (Å²) in [5.41, 5.74) is 2.60. The summed E-state index contributed by atoms with van der Waals surface area (Å²) in [6, 6.07) is 11.6. The van der Waals surface area contributed by atoms with Crippen LogP contribution in [0, 0.1) is 0 Å². The van der Waals surface area contributed by atoms with Crippen molar-refractivity contribution < 1.29 is 14.4 Å². The summed E-state index contributed by atoms with van der Waals surface area (Å²) in [6.45, 7) is -0.119. The van der Waals surface area contributed by atoms with Gasteiger partial charge in [0.05, 0.1) is 17.6 Å². The molecule has 8 nitrogen and oxygen atoms in total. The summed E-state index contributed by atoms with van der Waals surface area (Å²) in [5.74, 6) is -1.08. The number of aromatic nitrogens is 2. The van der Waals surface area contributed by atoms with Crippen molar-refractivity contribution >= 4 is 34.4 Å². The van der Waals surface area contributed by atoms with Gasteiger partial charge in [0.1, 0.15) is 5.69 Å². The number of nitrogens with zero attached hydrogens (tertiary/aromatic N) is 1. The summed E-state index contributed by atoms with van der Waals surface area (Å²) >= 11 is 0. The smallest absolute Gasteiger partial charge is 0.274 e. The summed E-state index contributed by atoms with van der Waals surface area (Å²) in [4.78, 5) is 42.9. The van der Waals surface area contributed by atoms with Crippen LogP contribution < -0.4 is 16.0 Å². The van der Waals surface area contributed by atoms with E-state index < -0.39 is 5.91 Å². The number of carbonyl (C=O) groups is 3. The molecule has 0 aliphatic rings. The molecular formula is C18H17N5O3. The number of hydrogen-bond donors (Lipinski definition) is 4. The molecule has 4 N–H and O–H groups in total. The van der Waals surface area contributed by atoms with E-state index in [4.69, 9.17) is 0 Å². The number of likely N-dealkylation sites (N-methyl/N-ethyl adjacent to an activating group) is 1. The van der Waals surface area contributed by atoms with Gasteiger partial charge in [-0.15, -0.1) is 0 Å². The lowest BCUT2D eigenvalue weighted by molar-refractivity contribution is -0.119. The molecule has 0 unspecified atom stereocenters. The molecule has 0 aliphatic carbocycles. The molecule has 3 aromatic rings. The van der Waals surface area contributed by atoms with Gasteiger partial charge >= 0.3 is 0 Å². The Morgan fingerprint density at radius 3 is 2.73 bits per heavy atom. The van der Waals surface area contributed by atoms with Crippen molar-refractivity contribution in [3.63, 3.8) is 0 Å². The van der Waals surface area contributed by atoms with E-state index in [0.717, 1.165) is 5.52 Å². The molecule has 3 rings (SSSR count). The van der Waals surface area contributed by atoms with Crippen molar-refractivity contribution in [3.05, 3.63) is 59.9 Å². The highest BCUT2D eigenvalue weighted by molar-refractivity contribution is 6.05. The zero-order valence-electron chi connectivity index (χ0n) is 14.0. The van der Waals surface area contributed by atoms with Gasteiger partial charge in [0, 0.05) is 24.5 Å². The molecule has 132 valence electrons. The lowest BCUT2D eigenvalue weighted by Gasteiger charge is -2.08. The molecule has 0 fully saturated rings. The number of hydrogen-bond acceptors (Lipinski definition) is 4. The van der Waals surface area contributed by atoms with Gasteiger partial charge in [0.2, 0.25) is 5.91 Å². The Kier molecular flexibility index (Phi) is 4.93. The second kappa shape index (κ2) is 7.47. The number of fused-ring (bicyclic) bond motifs is 1. The number of benzene rings is 1. The Balaban J connectivity index is 1.70. The quantitative estimate of drug-likeness (QED) is 0.554. The SMILES string of the molecule is CNC(=O)CNC(=O)c1cccc(NC(=O)c2ccc3[nH]ccc3n2)c1. The molecule has 3 amide bonds. The van der Waals surface area contributed by atoms with Crippen LogP contribution in [0.3, 0.4) is 0 Å². The van der Waals surface area contributed by atoms with Crippen molar-refractivity contribution in [2.75, 3.05) is 18.9 Å². The number of anilines is 1. The van der Waals surface area contributed by atoms with Crippen LogP contribution in [-0.4, -0.2) is 41.3 Å². The van der Waals surface area contributed by atoms with Gasteiger partial charge in [-0.05, 0) is 36.4 Å². The molecule has 0 saturated carbocycles. The maximum Gasteiger partial charge on any atom is 0.274 e. The summed E-state index contributed by atoms with van der Waals surface area (Å²) < 4.78 is 0. The normalized spacial score (nSPS) is 10.3. The Morgan fingerprint density at radius 1 is 1.08 bits per heavy atom. The fraction of sp³-hybridized carbons (Fsp3) is 0.111. The van der Waals surface area contributed by atoms with Gasteiger partial charge in [0.25, 0.3) is 11.8 Å². The van der Waals surface area contributed by atoms with E-state index in [2.05, 4.69) is 25.9 Å². The van der Waals surface area contributed by atoms with E-state index >= 15 is 0 Å². The average Bonchev–Trinajstić information content (AvgIpc) is 3.13. The highest BCUT2D eigenvalue weighted by Crippen LogP contribution is 2.14. The van der Waals surface area contributed by atoms with Crippen LogP contribution in [0.25, 0.3) is 11.0 Å². The predicted octanol–water partition coefficient (Wildman–Crippen LogP) is 1.29. The van der Waals surface area contributed by atoms with Crippen LogP contribution in [0.2, 0.25) is 0 Å². The standard InChI is InChI=1S/C18H17N5O3/c1-19-16(24)10-21-17(25)11-3-2-4-12(9-11)22-18(26)15-6-5-13-14(23-15)7-8-20-13/h2-9,20H,10H2,1H3,(H,19,24)(H,21,25)(H,22,26). The average molecular weight is 351 g/mol. The predicted molar refractivity (Wildman–Crippen MR) is 96.9 cm³/mol. The third kappa shape index (κ3) is 3.86. The second-order valence-electron chi connectivity index (χ2n) is 5.50. The van der Waals surface area contributed by atoms with Gasteiger partial charge in [-0.1, -0.05) is 6.07 Å². The fourth-order valence-corrected chi connectivity index (χ4v) is 2.35. The highest BCUT2D eigenvalue weighted by Gasteiger charge is 2.11. The molecule has 0 spiro atoms. The minimum absolute atomic E-state index is 0.119. The van der Waals surface area contributed by atoms with Crippen molar-refractivity contribution in [2.24, 2.45) is 0 Å². The topological polar surface area (TPSA) is 116 Å². The minimum Gasteiger partial charge on any atom is -0.360 e. The lowest BCUT2D eigenvalue weighted by Crippen LogP contribution is -2.35. The lowest BCUT2D eigenvalue weighted by atomic mass is 10.2. The first-order chi connectivity index (χ1) is 12.6. The first-order valence-corrected chi connectivity index (χ1v) is 7.91. The highest BCUT2D eigenvalue weighted by atomic mass is 16.2. The van der Waals surface area contributed by atoms with Gasteiger partial charge in [-0.3, -0.25) is 14.4 Å². The number of H-pyrrole nitrogens is 1. The van der Waals surface area contributed by atoms with Crippen molar-refractivity contribution in [1.82, 2.24) is 20.6 Å². The first kappa shape index (κ1) is 17.2. The van der Waals surface area contributed by atoms with Crippen molar-refractivity contribution in [1.29, 1.82) is 0 Å². The summed E-state index contributed by atoms with van der Waals surface area (Å²) in [6.07, 6.45) is 1.75. The minimum atomic E-state index is -0.406. The first-order valence-electron chi connectivity index (χ1n) is 7.91. The number of amides is 3. The van der Waals surface area contributed by atoms with E-state index in [-0.39, 0.29) is 24.1 Å². The van der Waals surface area contributed by atoms with Gasteiger partial charge in [0.15, 0.2) is 0 Å². The number of nitrogens with one attached hydrogen (secondary N) is 4. The van der Waals surface area contributed by atoms with E-state index in [0.29, 0.717) is 16.8 Å². The molecule has 0 bridgehead atoms. The van der Waals surface area contributed by atoms with E-state index in [1.807, 2.05) is 0 Å². The molecular weight excluding hydrogens is 334 g/mol. The molecule has 0 radical (unpaired) electrons. The third-order valence-corrected chi connectivity index (χ3v) is 3.71. The molecule has 0 atom stereocenters. The Labute approximate surface area is 149 Å². The van der Waals surface area contributed by atoms with Crippen molar-refractivity contribution in [2.45, 2.75) is 0 Å². The van der Waals surface area contributed by atoms with E-state index in [1.165, 1.54) is 13.1 Å². The largest absolute Gasteiger partial charge is 0.360 e. The Hall–Kier alpha value is -3.68. The molecule has 0 aliphatic heterocycles. The van der Waals surface area contributed by atoms with Crippen LogP contribution in [0.1, 0.15) is 20.8 Å². The Morgan fingerprint density at radius 2 is 1.92 bits per heavy atom. The van der Waals surface area contributed by atoms with Gasteiger partial charge in [-0.2, -0.15) is 0 Å². The maximum atomic E-state index is 12.4. The molecule has 2 aromatic heterocycles. The van der Waals surface area contributed by atoms with E-state index in [9.17, 15) is 14.4 Å². The van der Waals surface area contributed by atoms with Gasteiger partial charge < -0.3 is 20.9 Å². The number of aromatic amines is 1. The van der Waals surface area contributed by atoms with Crippen LogP contribution in [0.15, 0.2) is 48.7 Å². The number of rotatable bonds is 5. The van der Waals surface area contributed by atoms with Crippen LogP contribution in [0.5, 0.6) is 0 Å². The van der Waals surface area contributed by atoms with Crippen molar-refractivity contribution in [3.8, 4) is 0 Å². The van der Waals surface area contributed by atoms with Crippen LogP contribution in [-0.2, 0) is 4.79 Å². The fourth-order valence-electron chi connectivity index (χ4n) is 2.35. The molecule has 1 aromatic carbocycles. The van der Waals surface area contributed by atoms with Crippen LogP contribution >= 0.6 is 0 Å². The summed E-state index contributed by atoms with van der Waals surface area (Å²) in [5, 5.41) is 7.63. The molecule has 2 heterocycles. The van der Waals surface area contributed by atoms with Gasteiger partial charge in [-0.25, -0.2) is 4.98 Å². The monoisotopic (exact) mass is 351 g/mol. The van der Waals surface area contributed by atoms with E-state index in [1.54, 1.807) is 42.6 Å². The van der Waals surface area contributed by atoms with Crippen LogP contribution in [0.4, 0.5) is 5.69 Å². The zero-order chi connectivity index (χ0) is 18.5. The second-order valence-corrected chi connectivity index (χ2v) is 5.50. The molecule has 26 heavy (non-hydrogen) atoms. The Bertz CT molecular complexity index is 980. The number of carbonyl (C=O) groups excluding carboxylic acids is 3. The maximum absolute atomic E-state index is 12.4.